The highest BCUT2D eigenvalue weighted by atomic mass is 31.1. The summed E-state index contributed by atoms with van der Waals surface area (Å²) in [6, 6.07) is 0. The third kappa shape index (κ3) is 88.8. The molecular formula is H4O95P2. The molecule has 0 aromatic rings. The summed E-state index contributed by atoms with van der Waals surface area (Å²) in [6.07, 6.45) is 0. The van der Waals surface area contributed by atoms with E-state index in [4.69, 9.17) is 13.1 Å². The lowest BCUT2D eigenvalue weighted by Crippen LogP contribution is -2.06. The molecule has 0 heterocycles. The van der Waals surface area contributed by atoms with Crippen LogP contribution in [0.2, 0.25) is 0 Å². The first-order chi connectivity index (χ1) is 48.8. The van der Waals surface area contributed by atoms with Crippen molar-refractivity contribution in [3.63, 3.8) is 0 Å². The van der Waals surface area contributed by atoms with Crippen molar-refractivity contribution in [3.05, 3.63) is 0 Å². The molecule has 0 saturated carbocycles. The quantitative estimate of drug-likeness (QED) is 0.0249. The molecule has 0 aromatic carbocycles. The molecule has 0 amide bonds. The molecule has 0 aliphatic carbocycles. The summed E-state index contributed by atoms with van der Waals surface area (Å²) >= 11 is 0. The van der Waals surface area contributed by atoms with E-state index in [1.807, 2.05) is 0 Å². The number of rotatable bonds is 92. The maximum absolute atomic E-state index is 11.4. The van der Waals surface area contributed by atoms with E-state index in [2.05, 4.69) is 457 Å². The molecule has 97 heavy (non-hydrogen) atoms. The first-order valence-corrected chi connectivity index (χ1v) is 18.3. The Morgan fingerprint density at radius 3 is 0.258 bits per heavy atom. The van der Waals surface area contributed by atoms with Gasteiger partial charge in [0.15, 0.2) is 2.56 Å². The van der Waals surface area contributed by atoms with Gasteiger partial charge in [0.25, 0.3) is 0 Å². The highest BCUT2D eigenvalue weighted by Gasteiger charge is 2.11. The lowest BCUT2D eigenvalue weighted by Gasteiger charge is -2.01. The zero-order chi connectivity index (χ0) is 71.3. The Labute approximate surface area is 497 Å². The van der Waals surface area contributed by atoms with Crippen LogP contribution in [-0.2, 0) is 466 Å². The van der Waals surface area contributed by atoms with Gasteiger partial charge in [-0.25, -0.2) is 10.5 Å². The van der Waals surface area contributed by atoms with E-state index in [-0.39, 0.29) is 0 Å². The topological polar surface area (TPSA) is 915 Å². The van der Waals surface area contributed by atoms with Gasteiger partial charge in [-0.05, 0) is 242 Å². The molecule has 0 spiro atoms. The Morgan fingerprint density at radius 1 is 0.124 bits per heavy atom. The minimum atomic E-state index is -5.17. The molecule has 0 aromatic heterocycles. The molecule has 0 fully saturated rings. The highest BCUT2D eigenvalue weighted by Crippen LogP contribution is 2.25. The third-order valence-electron chi connectivity index (χ3n) is 2.70. The maximum atomic E-state index is 11.4. The molecule has 97 heteroatoms. The van der Waals surface area contributed by atoms with Crippen molar-refractivity contribution in [3.8, 4) is 0 Å². The van der Waals surface area contributed by atoms with Crippen LogP contribution in [-0.4, -0.2) is 13.1 Å². The molecule has 0 radical (unpaired) electrons. The molecule has 0 bridgehead atoms. The summed E-state index contributed by atoms with van der Waals surface area (Å²) in [4.78, 5) is 0. The van der Waals surface area contributed by atoms with Crippen LogP contribution >= 0.6 is 16.4 Å². The van der Waals surface area contributed by atoms with Crippen LogP contribution in [0.4, 0.5) is 0 Å². The van der Waals surface area contributed by atoms with E-state index in [0.29, 0.717) is 0 Å². The van der Waals surface area contributed by atoms with Crippen molar-refractivity contribution in [2.24, 2.45) is 0 Å². The van der Waals surface area contributed by atoms with E-state index in [0.717, 1.165) is 0 Å². The summed E-state index contributed by atoms with van der Waals surface area (Å²) in [5.41, 5.74) is 0. The fourth-order valence-electron chi connectivity index (χ4n) is 1.09. The van der Waals surface area contributed by atoms with Crippen LogP contribution < -0.4 is 0 Å². The first kappa shape index (κ1) is 89.8. The van der Waals surface area contributed by atoms with E-state index in [1.54, 1.807) is 0 Å². The zero-order valence-electron chi connectivity index (χ0n) is 41.8. The van der Waals surface area contributed by atoms with Gasteiger partial charge < -0.3 is 0 Å². The molecule has 2 atom stereocenters. The smallest absolute Gasteiger partial charge is 0.258 e. The fourth-order valence-corrected chi connectivity index (χ4v) is 1.44. The second kappa shape index (κ2) is 88.8. The Balaban J connectivity index is 3.26. The van der Waals surface area contributed by atoms with Crippen LogP contribution in [0.1, 0.15) is 0 Å². The van der Waals surface area contributed by atoms with Gasteiger partial charge in [-0.2, -0.15) is 0 Å². The van der Waals surface area contributed by atoms with E-state index in [1.165, 1.54) is 0 Å². The van der Waals surface area contributed by atoms with Gasteiger partial charge in [-0.3, -0.25) is 9.13 Å². The maximum Gasteiger partial charge on any atom is 0.380 e. The average Bonchev–Trinajstić information content (AvgIpc) is 1.89. The monoisotopic (exact) mass is 1590 g/mol. The molecule has 95 nitrogen and oxygen atoms in total. The molecule has 0 aliphatic rings. The molecular weight excluding hydrogens is 1580 g/mol. The Bertz CT molecular complexity index is 1520. The van der Waals surface area contributed by atoms with Gasteiger partial charge in [0, 0.05) is 196 Å². The van der Waals surface area contributed by atoms with Crippen molar-refractivity contribution >= 4 is 16.4 Å². The van der Waals surface area contributed by atoms with E-state index < -0.39 is 16.4 Å². The van der Waals surface area contributed by atoms with Crippen LogP contribution in [0, 0.1) is 0 Å². The van der Waals surface area contributed by atoms with Crippen molar-refractivity contribution in [2.75, 3.05) is 0 Å². The Hall–Kier alpha value is -3.26. The normalized spacial score (nSPS) is 13.4. The summed E-state index contributed by atoms with van der Waals surface area (Å²) in [5.74, 6) is 0. The van der Waals surface area contributed by atoms with Crippen LogP contribution in [0.25, 0.3) is 0 Å². The second-order valence-corrected chi connectivity index (χ2v) is 8.17. The zero-order valence-corrected chi connectivity index (χ0v) is 41.5. The lowest BCUT2D eigenvalue weighted by molar-refractivity contribution is -0.910. The summed E-state index contributed by atoms with van der Waals surface area (Å²) in [5, 5.41) is 315. The SMILES string of the molecule is [3H]P(=O)(OOOOOOOOOOOOOOOOOOOOOOO)OOOOOOOOOOOOOOOOOOOOOOOP([3H])(=O)OOOOOOOOOOOOOOOOOOOOOOOOOOOOOOOOOOOOOOOOOOOOOOO. The largest absolute Gasteiger partial charge is 0.380 e. The molecule has 0 rings (SSSR count). The lowest BCUT2D eigenvalue weighted by atomic mass is 14.0. The van der Waals surface area contributed by atoms with Crippen molar-refractivity contribution in [1.29, 1.82) is 2.56 Å². The van der Waals surface area contributed by atoms with Crippen LogP contribution in [0.15, 0.2) is 0 Å². The third-order valence-corrected chi connectivity index (χ3v) is 3.43. The predicted molar refractivity (Wildman–Crippen MR) is 122 cm³/mol. The molecule has 584 valence electrons. The minimum absolute atomic E-state index is 2.87. The van der Waals surface area contributed by atoms with Crippen LogP contribution in [0.3, 0.4) is 0 Å². The van der Waals surface area contributed by atoms with E-state index >= 15 is 0 Å². The van der Waals surface area contributed by atoms with Gasteiger partial charge in [-0.1, -0.05) is 0 Å². The second-order valence-electron chi connectivity index (χ2n) is 6.68. The van der Waals surface area contributed by atoms with Gasteiger partial charge in [0.1, 0.15) is 0 Å². The van der Waals surface area contributed by atoms with Gasteiger partial charge >= 0.3 is 16.4 Å². The Morgan fingerprint density at radius 2 is 0.186 bits per heavy atom. The number of hydrogen-bond donors (Lipinski definition) is 2. The standard InChI is InChI=1S/H4O95P2/c1-5-7-9-11-13-15-17-19-21-23-25-27-28-29-30-31-32-33-34-35-36-37-38-39-40-41-42-43-44-45-46-47-48-49-50-53-57-61-65-69-73-77-81-85-89-93-97(4)95-91-87-83-79-75-71-67-63-59-55-51-54-58-62-66-70-74-78-82-86-90-94-96(3)92-88-84-80-76-72-68-64-60-56-52-26-24-22-20-18-16-14-12-10-8-6-2/h1-2,96-97H/i96T,97T. The number of hydrogen-bond acceptors (Lipinski definition) is 95. The van der Waals surface area contributed by atoms with E-state index in [9.17, 15) is 9.13 Å². The molecule has 0 saturated heterocycles. The van der Waals surface area contributed by atoms with Gasteiger partial charge in [0.05, 0.1) is 0 Å². The van der Waals surface area contributed by atoms with Crippen molar-refractivity contribution in [2.45, 2.75) is 0 Å². The van der Waals surface area contributed by atoms with Crippen LogP contribution in [0.5, 0.6) is 0 Å². The highest BCUT2D eigenvalue weighted by molar-refractivity contribution is 7.33. The minimum Gasteiger partial charge on any atom is -0.258 e. The summed E-state index contributed by atoms with van der Waals surface area (Å²) < 4.78 is 51.1. The molecule has 2 unspecified atom stereocenters. The van der Waals surface area contributed by atoms with Gasteiger partial charge in [0.2, 0.25) is 0 Å². The first-order valence-electron chi connectivity index (χ1n) is 17.0. The predicted octanol–water partition coefficient (Wildman–Crippen LogP) is -5.26. The average molecular weight is 1590 g/mol. The molecule has 2 N–H and O–H groups in total. The van der Waals surface area contributed by atoms with Crippen molar-refractivity contribution in [1.82, 2.24) is 0 Å². The Kier molecular flexibility index (Phi) is 82.3. The van der Waals surface area contributed by atoms with Crippen molar-refractivity contribution < 1.29 is 477 Å². The summed E-state index contributed by atoms with van der Waals surface area (Å²) in [6.45, 7) is 0. The fraction of sp³-hybridized carbons (Fsp3) is 0. The molecule has 0 aliphatic heterocycles. The summed E-state index contributed by atoms with van der Waals surface area (Å²) in [7, 11) is -10.3. The van der Waals surface area contributed by atoms with Gasteiger partial charge in [-0.15, -0.1) is 18.7 Å².